The molecule has 2 aromatic carbocycles. The van der Waals surface area contributed by atoms with Crippen LogP contribution in [0.2, 0.25) is 0 Å². The van der Waals surface area contributed by atoms with Crippen LogP contribution in [0, 0.1) is 0 Å². The molecule has 1 aliphatic heterocycles. The first kappa shape index (κ1) is 16.2. The van der Waals surface area contributed by atoms with Crippen molar-refractivity contribution >= 4 is 0 Å². The van der Waals surface area contributed by atoms with Crippen LogP contribution in [0.25, 0.3) is 0 Å². The molecule has 23 heavy (non-hydrogen) atoms. The van der Waals surface area contributed by atoms with Crippen LogP contribution >= 0.6 is 0 Å². The number of rotatable bonds is 6. The summed E-state index contributed by atoms with van der Waals surface area (Å²) in [6, 6.07) is 20.2. The van der Waals surface area contributed by atoms with Crippen molar-refractivity contribution in [2.75, 3.05) is 19.6 Å². The van der Waals surface area contributed by atoms with Gasteiger partial charge in [-0.1, -0.05) is 60.7 Å². The second-order valence-electron chi connectivity index (χ2n) is 6.76. The SMILES string of the molecule is OC(CCC[NH+]1CCCCC1)(c1ccccc1)c1ccccc1. The number of aliphatic hydroxyl groups is 1. The van der Waals surface area contributed by atoms with Gasteiger partial charge in [0.2, 0.25) is 0 Å². The quantitative estimate of drug-likeness (QED) is 0.842. The molecule has 1 aliphatic rings. The van der Waals surface area contributed by atoms with Crippen molar-refractivity contribution in [1.82, 2.24) is 0 Å². The number of nitrogens with one attached hydrogen (secondary N) is 1. The first-order chi connectivity index (χ1) is 11.3. The molecule has 0 spiro atoms. The normalized spacial score (nSPS) is 16.4. The minimum Gasteiger partial charge on any atom is -0.380 e. The third kappa shape index (κ3) is 4.01. The van der Waals surface area contributed by atoms with E-state index in [1.807, 2.05) is 60.7 Å². The smallest absolute Gasteiger partial charge is 0.115 e. The fourth-order valence-electron chi connectivity index (χ4n) is 3.78. The highest BCUT2D eigenvalue weighted by Crippen LogP contribution is 2.33. The average molecular weight is 310 g/mol. The zero-order valence-corrected chi connectivity index (χ0v) is 13.9. The van der Waals surface area contributed by atoms with Crippen molar-refractivity contribution in [3.05, 3.63) is 71.8 Å². The van der Waals surface area contributed by atoms with E-state index in [0.29, 0.717) is 0 Å². The zero-order valence-electron chi connectivity index (χ0n) is 13.9. The first-order valence-electron chi connectivity index (χ1n) is 8.96. The first-order valence-corrected chi connectivity index (χ1v) is 8.96. The van der Waals surface area contributed by atoms with Crippen molar-refractivity contribution in [3.8, 4) is 0 Å². The topological polar surface area (TPSA) is 24.7 Å². The molecule has 1 heterocycles. The summed E-state index contributed by atoms with van der Waals surface area (Å²) in [7, 11) is 0. The van der Waals surface area contributed by atoms with Gasteiger partial charge in [-0.3, -0.25) is 0 Å². The van der Waals surface area contributed by atoms with E-state index in [-0.39, 0.29) is 0 Å². The Kier molecular flexibility index (Phi) is 5.47. The number of quaternary nitrogens is 1. The van der Waals surface area contributed by atoms with E-state index in [1.54, 1.807) is 4.90 Å². The van der Waals surface area contributed by atoms with Crippen LogP contribution in [0.4, 0.5) is 0 Å². The van der Waals surface area contributed by atoms with Gasteiger partial charge in [0.25, 0.3) is 0 Å². The second-order valence-corrected chi connectivity index (χ2v) is 6.76. The molecule has 3 rings (SSSR count). The lowest BCUT2D eigenvalue weighted by Crippen LogP contribution is -3.12. The van der Waals surface area contributed by atoms with Crippen molar-refractivity contribution in [1.29, 1.82) is 0 Å². The van der Waals surface area contributed by atoms with Crippen molar-refractivity contribution in [2.24, 2.45) is 0 Å². The van der Waals surface area contributed by atoms with Crippen LogP contribution in [0.15, 0.2) is 60.7 Å². The Labute approximate surface area is 139 Å². The van der Waals surface area contributed by atoms with Gasteiger partial charge in [0.05, 0.1) is 19.6 Å². The van der Waals surface area contributed by atoms with Crippen LogP contribution in [-0.4, -0.2) is 24.7 Å². The lowest BCUT2D eigenvalue weighted by atomic mass is 9.82. The van der Waals surface area contributed by atoms with Gasteiger partial charge >= 0.3 is 0 Å². The van der Waals surface area contributed by atoms with Crippen LogP contribution in [0.5, 0.6) is 0 Å². The summed E-state index contributed by atoms with van der Waals surface area (Å²) in [5.41, 5.74) is 1.12. The summed E-state index contributed by atoms with van der Waals surface area (Å²) >= 11 is 0. The van der Waals surface area contributed by atoms with Gasteiger partial charge in [0.1, 0.15) is 5.60 Å². The maximum Gasteiger partial charge on any atom is 0.115 e. The Morgan fingerprint density at radius 3 is 1.83 bits per heavy atom. The van der Waals surface area contributed by atoms with Gasteiger partial charge in [0, 0.05) is 0 Å². The Morgan fingerprint density at radius 1 is 0.783 bits per heavy atom. The summed E-state index contributed by atoms with van der Waals surface area (Å²) in [5, 5.41) is 11.5. The molecule has 2 N–H and O–H groups in total. The van der Waals surface area contributed by atoms with Crippen molar-refractivity contribution in [2.45, 2.75) is 37.7 Å². The molecular formula is C21H28NO+. The third-order valence-corrected chi connectivity index (χ3v) is 5.13. The monoisotopic (exact) mass is 310 g/mol. The fourth-order valence-corrected chi connectivity index (χ4v) is 3.78. The molecule has 0 saturated carbocycles. The highest BCUT2D eigenvalue weighted by molar-refractivity contribution is 5.35. The number of benzene rings is 2. The van der Waals surface area contributed by atoms with E-state index in [2.05, 4.69) is 0 Å². The predicted octanol–water partition coefficient (Wildman–Crippen LogP) is 2.77. The van der Waals surface area contributed by atoms with Gasteiger partial charge in [-0.15, -0.1) is 0 Å². The molecule has 0 bridgehead atoms. The van der Waals surface area contributed by atoms with E-state index in [4.69, 9.17) is 0 Å². The van der Waals surface area contributed by atoms with E-state index >= 15 is 0 Å². The Hall–Kier alpha value is -1.64. The summed E-state index contributed by atoms with van der Waals surface area (Å²) in [6.07, 6.45) is 5.94. The number of hydrogen-bond acceptors (Lipinski definition) is 1. The van der Waals surface area contributed by atoms with Crippen LogP contribution in [0.3, 0.4) is 0 Å². The molecule has 2 heteroatoms. The fraction of sp³-hybridized carbons (Fsp3) is 0.429. The van der Waals surface area contributed by atoms with Crippen molar-refractivity contribution < 1.29 is 10.0 Å². The number of piperidine rings is 1. The summed E-state index contributed by atoms with van der Waals surface area (Å²) in [6.45, 7) is 3.77. The molecule has 2 aromatic rings. The van der Waals surface area contributed by atoms with Gasteiger partial charge in [-0.05, 0) is 43.2 Å². The Bertz CT molecular complexity index is 536. The molecule has 2 nitrogen and oxygen atoms in total. The van der Waals surface area contributed by atoms with E-state index in [0.717, 1.165) is 24.0 Å². The van der Waals surface area contributed by atoms with Crippen molar-refractivity contribution in [3.63, 3.8) is 0 Å². The third-order valence-electron chi connectivity index (χ3n) is 5.13. The van der Waals surface area contributed by atoms with Gasteiger partial charge < -0.3 is 10.0 Å². The average Bonchev–Trinajstić information content (AvgIpc) is 2.64. The molecule has 0 atom stereocenters. The second kappa shape index (κ2) is 7.76. The minimum absolute atomic E-state index is 0.782. The van der Waals surface area contributed by atoms with Crippen LogP contribution in [-0.2, 0) is 5.60 Å². The molecule has 0 aliphatic carbocycles. The Balaban J connectivity index is 1.73. The lowest BCUT2D eigenvalue weighted by Gasteiger charge is -2.31. The zero-order chi connectivity index (χ0) is 16.0. The molecule has 0 unspecified atom stereocenters. The molecule has 1 fully saturated rings. The van der Waals surface area contributed by atoms with E-state index in [9.17, 15) is 5.11 Å². The molecule has 122 valence electrons. The van der Waals surface area contributed by atoms with E-state index < -0.39 is 5.60 Å². The summed E-state index contributed by atoms with van der Waals surface area (Å²) in [5.74, 6) is 0. The maximum atomic E-state index is 11.5. The van der Waals surface area contributed by atoms with E-state index in [1.165, 1.54) is 38.9 Å². The molecular weight excluding hydrogens is 282 g/mol. The molecule has 0 amide bonds. The lowest BCUT2D eigenvalue weighted by molar-refractivity contribution is -0.905. The van der Waals surface area contributed by atoms with Gasteiger partial charge in [-0.2, -0.15) is 0 Å². The van der Waals surface area contributed by atoms with Crippen LogP contribution in [0.1, 0.15) is 43.2 Å². The molecule has 0 radical (unpaired) electrons. The largest absolute Gasteiger partial charge is 0.380 e. The number of hydrogen-bond donors (Lipinski definition) is 2. The summed E-state index contributed by atoms with van der Waals surface area (Å²) in [4.78, 5) is 1.71. The van der Waals surface area contributed by atoms with Gasteiger partial charge in [0.15, 0.2) is 0 Å². The summed E-state index contributed by atoms with van der Waals surface area (Å²) < 4.78 is 0. The molecule has 1 saturated heterocycles. The highest BCUT2D eigenvalue weighted by Gasteiger charge is 2.31. The Morgan fingerprint density at radius 2 is 1.30 bits per heavy atom. The highest BCUT2D eigenvalue weighted by atomic mass is 16.3. The standard InChI is InChI=1S/C21H27NO/c23-21(19-11-4-1-5-12-19,20-13-6-2-7-14-20)15-10-18-22-16-8-3-9-17-22/h1-2,4-7,11-14,23H,3,8-10,15-18H2/p+1. The molecule has 0 aromatic heterocycles. The predicted molar refractivity (Wildman–Crippen MR) is 94.5 cm³/mol. The van der Waals surface area contributed by atoms with Gasteiger partial charge in [-0.25, -0.2) is 0 Å². The maximum absolute atomic E-state index is 11.5. The number of likely N-dealkylation sites (tertiary alicyclic amines) is 1. The van der Waals surface area contributed by atoms with Crippen LogP contribution < -0.4 is 4.90 Å². The minimum atomic E-state index is -0.877.